The number of benzene rings is 1. The first kappa shape index (κ1) is 22.6. The Bertz CT molecular complexity index is 564. The molecule has 0 heterocycles. The number of nitrogens with zero attached hydrogens (tertiary/aromatic N) is 2. The van der Waals surface area contributed by atoms with E-state index in [-0.39, 0.29) is 48.3 Å². The van der Waals surface area contributed by atoms with Crippen molar-refractivity contribution in [2.75, 3.05) is 20.6 Å². The number of aliphatic imine (C=N–C) groups is 1. The highest BCUT2D eigenvalue weighted by atomic mass is 127. The Balaban J connectivity index is 0.00000529. The number of hydrogen-bond donors (Lipinski definition) is 2. The number of rotatable bonds is 6. The van der Waals surface area contributed by atoms with Crippen LogP contribution in [0.4, 0.5) is 4.39 Å². The highest BCUT2D eigenvalue weighted by Crippen LogP contribution is 2.10. The zero-order valence-corrected chi connectivity index (χ0v) is 17.3. The Labute approximate surface area is 161 Å². The predicted octanol–water partition coefficient (Wildman–Crippen LogP) is 2.67. The van der Waals surface area contributed by atoms with Crippen molar-refractivity contribution in [3.63, 3.8) is 0 Å². The van der Waals surface area contributed by atoms with Crippen LogP contribution >= 0.6 is 24.0 Å². The van der Waals surface area contributed by atoms with E-state index in [9.17, 15) is 9.18 Å². The fourth-order valence-corrected chi connectivity index (χ4v) is 1.71. The van der Waals surface area contributed by atoms with Crippen LogP contribution in [0.1, 0.15) is 31.4 Å². The molecule has 1 rings (SSSR count). The molecule has 0 saturated carbocycles. The van der Waals surface area contributed by atoms with Gasteiger partial charge in [-0.1, -0.05) is 19.1 Å². The summed E-state index contributed by atoms with van der Waals surface area (Å²) < 4.78 is 13.6. The van der Waals surface area contributed by atoms with E-state index < -0.39 is 0 Å². The van der Waals surface area contributed by atoms with Gasteiger partial charge in [0.1, 0.15) is 5.82 Å². The summed E-state index contributed by atoms with van der Waals surface area (Å²) in [5.41, 5.74) is 1.41. The lowest BCUT2D eigenvalue weighted by Crippen LogP contribution is -2.45. The third-order valence-electron chi connectivity index (χ3n) is 3.56. The number of aryl methyl sites for hydroxylation is 1. The molecule has 7 heteroatoms. The molecule has 0 aliphatic carbocycles. The summed E-state index contributed by atoms with van der Waals surface area (Å²) in [7, 11) is 3.41. The van der Waals surface area contributed by atoms with E-state index in [1.807, 2.05) is 13.0 Å². The standard InChI is InChI=1S/C17H27FN4O.HI/c1-6-13(3)21-17(20-11-16(23)22(4)5)19-10-14-8-7-12(2)15(18)9-14;/h7-9,13H,6,10-11H2,1-5H3,(H2,19,20,21);1H. The van der Waals surface area contributed by atoms with E-state index in [0.29, 0.717) is 18.1 Å². The number of carbonyl (C=O) groups is 1. The molecule has 0 saturated heterocycles. The van der Waals surface area contributed by atoms with Gasteiger partial charge in [-0.3, -0.25) is 4.79 Å². The summed E-state index contributed by atoms with van der Waals surface area (Å²) >= 11 is 0. The minimum atomic E-state index is -0.232. The number of likely N-dealkylation sites (N-methyl/N-ethyl adjacent to an activating group) is 1. The van der Waals surface area contributed by atoms with Gasteiger partial charge in [0.15, 0.2) is 5.96 Å². The van der Waals surface area contributed by atoms with Crippen molar-refractivity contribution in [3.05, 3.63) is 35.1 Å². The minimum absolute atomic E-state index is 0. The number of halogens is 2. The zero-order chi connectivity index (χ0) is 17.4. The summed E-state index contributed by atoms with van der Waals surface area (Å²) in [5.74, 6) is 0.283. The van der Waals surface area contributed by atoms with Crippen LogP contribution in [0.3, 0.4) is 0 Å². The molecule has 1 amide bonds. The Morgan fingerprint density at radius 1 is 1.38 bits per heavy atom. The van der Waals surface area contributed by atoms with Crippen LogP contribution in [-0.4, -0.2) is 43.4 Å². The van der Waals surface area contributed by atoms with Crippen molar-refractivity contribution in [2.24, 2.45) is 4.99 Å². The molecular weight excluding hydrogens is 422 g/mol. The molecule has 0 spiro atoms. The lowest BCUT2D eigenvalue weighted by atomic mass is 10.1. The summed E-state index contributed by atoms with van der Waals surface area (Å²) in [6.45, 7) is 6.34. The van der Waals surface area contributed by atoms with E-state index in [1.165, 1.54) is 11.0 Å². The second kappa shape index (κ2) is 11.2. The molecule has 136 valence electrons. The van der Waals surface area contributed by atoms with E-state index in [0.717, 1.165) is 12.0 Å². The third-order valence-corrected chi connectivity index (χ3v) is 3.56. The van der Waals surface area contributed by atoms with Crippen molar-refractivity contribution >= 4 is 35.8 Å². The first-order chi connectivity index (χ1) is 10.8. The van der Waals surface area contributed by atoms with Crippen LogP contribution in [0.15, 0.2) is 23.2 Å². The van der Waals surface area contributed by atoms with Crippen LogP contribution in [0.5, 0.6) is 0 Å². The maximum Gasteiger partial charge on any atom is 0.241 e. The lowest BCUT2D eigenvalue weighted by Gasteiger charge is -2.18. The van der Waals surface area contributed by atoms with Crippen molar-refractivity contribution in [3.8, 4) is 0 Å². The second-order valence-corrected chi connectivity index (χ2v) is 5.84. The van der Waals surface area contributed by atoms with Gasteiger partial charge in [-0.25, -0.2) is 9.38 Å². The zero-order valence-electron chi connectivity index (χ0n) is 15.0. The van der Waals surface area contributed by atoms with E-state index >= 15 is 0 Å². The Kier molecular flexibility index (Phi) is 10.6. The lowest BCUT2D eigenvalue weighted by molar-refractivity contribution is -0.127. The number of nitrogens with one attached hydrogen (secondary N) is 2. The summed E-state index contributed by atoms with van der Waals surface area (Å²) in [5, 5.41) is 6.25. The van der Waals surface area contributed by atoms with Crippen LogP contribution in [-0.2, 0) is 11.3 Å². The number of hydrogen-bond acceptors (Lipinski definition) is 2. The number of amides is 1. The highest BCUT2D eigenvalue weighted by molar-refractivity contribution is 14.0. The fourth-order valence-electron chi connectivity index (χ4n) is 1.71. The van der Waals surface area contributed by atoms with Crippen LogP contribution in [0.2, 0.25) is 0 Å². The average Bonchev–Trinajstić information content (AvgIpc) is 2.52. The van der Waals surface area contributed by atoms with Gasteiger partial charge >= 0.3 is 0 Å². The normalized spacial score (nSPS) is 12.2. The molecular formula is C17H28FIN4O. The average molecular weight is 450 g/mol. The Morgan fingerprint density at radius 3 is 2.58 bits per heavy atom. The Morgan fingerprint density at radius 2 is 2.04 bits per heavy atom. The van der Waals surface area contributed by atoms with Gasteiger partial charge in [-0.15, -0.1) is 24.0 Å². The summed E-state index contributed by atoms with van der Waals surface area (Å²) in [6.07, 6.45) is 0.932. The van der Waals surface area contributed by atoms with Crippen LogP contribution in [0, 0.1) is 12.7 Å². The second-order valence-electron chi connectivity index (χ2n) is 5.84. The largest absolute Gasteiger partial charge is 0.354 e. The van der Waals surface area contributed by atoms with E-state index in [2.05, 4.69) is 22.5 Å². The monoisotopic (exact) mass is 450 g/mol. The summed E-state index contributed by atoms with van der Waals surface area (Å²) in [6, 6.07) is 5.31. The van der Waals surface area contributed by atoms with Gasteiger partial charge in [0.2, 0.25) is 5.91 Å². The molecule has 1 aromatic carbocycles. The number of guanidine groups is 1. The minimum Gasteiger partial charge on any atom is -0.354 e. The predicted molar refractivity (Wildman–Crippen MR) is 107 cm³/mol. The first-order valence-electron chi connectivity index (χ1n) is 7.83. The van der Waals surface area contributed by atoms with Crippen molar-refractivity contribution in [2.45, 2.75) is 39.8 Å². The molecule has 0 aromatic heterocycles. The topological polar surface area (TPSA) is 56.7 Å². The molecule has 0 aliphatic heterocycles. The van der Waals surface area contributed by atoms with Gasteiger partial charge in [-0.05, 0) is 37.5 Å². The maximum atomic E-state index is 13.6. The SMILES string of the molecule is CCC(C)NC(=NCc1ccc(C)c(F)c1)NCC(=O)N(C)C.I. The molecule has 5 nitrogen and oxygen atoms in total. The molecule has 1 aromatic rings. The molecule has 1 unspecified atom stereocenters. The molecule has 1 atom stereocenters. The van der Waals surface area contributed by atoms with Crippen molar-refractivity contribution < 1.29 is 9.18 Å². The smallest absolute Gasteiger partial charge is 0.241 e. The summed E-state index contributed by atoms with van der Waals surface area (Å²) in [4.78, 5) is 17.6. The third kappa shape index (κ3) is 7.94. The molecule has 0 radical (unpaired) electrons. The molecule has 24 heavy (non-hydrogen) atoms. The fraction of sp³-hybridized carbons (Fsp3) is 0.529. The van der Waals surface area contributed by atoms with E-state index in [4.69, 9.17) is 0 Å². The molecule has 0 aliphatic rings. The first-order valence-corrected chi connectivity index (χ1v) is 7.83. The maximum absolute atomic E-state index is 13.6. The van der Waals surface area contributed by atoms with Crippen molar-refractivity contribution in [1.29, 1.82) is 0 Å². The highest BCUT2D eigenvalue weighted by Gasteiger charge is 2.08. The van der Waals surface area contributed by atoms with E-state index in [1.54, 1.807) is 27.1 Å². The van der Waals surface area contributed by atoms with Crippen molar-refractivity contribution in [1.82, 2.24) is 15.5 Å². The Hall–Kier alpha value is -1.38. The number of carbonyl (C=O) groups excluding carboxylic acids is 1. The van der Waals surface area contributed by atoms with Gasteiger partial charge in [0.25, 0.3) is 0 Å². The molecule has 0 bridgehead atoms. The quantitative estimate of drug-likeness (QED) is 0.398. The van der Waals surface area contributed by atoms with Gasteiger partial charge in [0.05, 0.1) is 13.1 Å². The van der Waals surface area contributed by atoms with Gasteiger partial charge < -0.3 is 15.5 Å². The van der Waals surface area contributed by atoms with Gasteiger partial charge in [-0.2, -0.15) is 0 Å². The van der Waals surface area contributed by atoms with Crippen LogP contribution in [0.25, 0.3) is 0 Å². The van der Waals surface area contributed by atoms with Crippen LogP contribution < -0.4 is 10.6 Å². The molecule has 2 N–H and O–H groups in total. The van der Waals surface area contributed by atoms with Gasteiger partial charge in [0, 0.05) is 20.1 Å². The molecule has 0 fully saturated rings.